The van der Waals surface area contributed by atoms with Gasteiger partial charge < -0.3 is 9.80 Å². The fourth-order valence-electron chi connectivity index (χ4n) is 15.4. The average Bonchev–Trinajstić information content (AvgIpc) is 3.84. The first-order chi connectivity index (χ1) is 34.7. The predicted molar refractivity (Wildman–Crippen MR) is 333 cm³/mol. The molecule has 2 aliphatic heterocycles. The lowest BCUT2D eigenvalue weighted by molar-refractivity contribution is 0.332. The van der Waals surface area contributed by atoms with E-state index in [0.717, 1.165) is 0 Å². The van der Waals surface area contributed by atoms with E-state index in [2.05, 4.69) is 237 Å². The predicted octanol–water partition coefficient (Wildman–Crippen LogP) is 17.7. The summed E-state index contributed by atoms with van der Waals surface area (Å²) in [5.41, 5.74) is 26.5. The second kappa shape index (κ2) is 15.9. The summed E-state index contributed by atoms with van der Waals surface area (Å²) < 4.78 is 0. The van der Waals surface area contributed by atoms with Gasteiger partial charge in [0.15, 0.2) is 0 Å². The third-order valence-corrected chi connectivity index (χ3v) is 24.7. The second-order valence-electron chi connectivity index (χ2n) is 31.3. The molecule has 0 bridgehead atoms. The summed E-state index contributed by atoms with van der Waals surface area (Å²) in [7, 11) is -1.55. The molecule has 12 rings (SSSR count). The first-order valence-electron chi connectivity index (χ1n) is 29.2. The lowest BCUT2D eigenvalue weighted by Crippen LogP contribution is -2.63. The summed E-state index contributed by atoms with van der Waals surface area (Å²) in [6.45, 7) is 50.3. The molecule has 0 unspecified atom stereocenters. The summed E-state index contributed by atoms with van der Waals surface area (Å²) in [5, 5.41) is 2.96. The molecule has 5 aromatic carbocycles. The fourth-order valence-corrected chi connectivity index (χ4v) is 18.3. The smallest absolute Gasteiger partial charge is 0.253 e. The van der Waals surface area contributed by atoms with E-state index < -0.39 is 8.07 Å². The molecule has 0 amide bonds. The van der Waals surface area contributed by atoms with Gasteiger partial charge in [0.25, 0.3) is 6.71 Å². The van der Waals surface area contributed by atoms with Gasteiger partial charge in [0.1, 0.15) is 0 Å². The minimum atomic E-state index is -1.55. The minimum absolute atomic E-state index is 0.0176. The maximum atomic E-state index is 2.84. The van der Waals surface area contributed by atoms with Crippen molar-refractivity contribution in [3.63, 3.8) is 0 Å². The lowest BCUT2D eigenvalue weighted by atomic mass is 9.32. The van der Waals surface area contributed by atoms with E-state index in [9.17, 15) is 0 Å². The minimum Gasteiger partial charge on any atom is -0.311 e. The van der Waals surface area contributed by atoms with Gasteiger partial charge >= 0.3 is 0 Å². The van der Waals surface area contributed by atoms with Gasteiger partial charge in [-0.25, -0.2) is 0 Å². The number of rotatable bonds is 4. The maximum Gasteiger partial charge on any atom is 0.253 e. The molecule has 2 nitrogen and oxygen atoms in total. The van der Waals surface area contributed by atoms with Crippen LogP contribution < -0.4 is 31.4 Å². The Hall–Kier alpha value is -4.32. The lowest BCUT2D eigenvalue weighted by Gasteiger charge is -2.49. The number of hydrogen-bond acceptors (Lipinski definition) is 3. The van der Waals surface area contributed by atoms with Crippen molar-refractivity contribution >= 4 is 81.1 Å². The molecule has 0 spiro atoms. The van der Waals surface area contributed by atoms with Crippen LogP contribution in [-0.2, 0) is 43.3 Å². The number of aryl methyl sites for hydroxylation is 1. The molecule has 3 heterocycles. The van der Waals surface area contributed by atoms with E-state index in [1.165, 1.54) is 145 Å². The molecule has 0 saturated carbocycles. The van der Waals surface area contributed by atoms with Crippen LogP contribution in [0.2, 0.25) is 19.6 Å². The number of thiophene rings is 1. The normalized spacial score (nSPS) is 22.2. The van der Waals surface area contributed by atoms with E-state index in [1.807, 2.05) is 0 Å². The highest BCUT2D eigenvalue weighted by Crippen LogP contribution is 2.59. The van der Waals surface area contributed by atoms with Gasteiger partial charge in [0, 0.05) is 33.2 Å². The Morgan fingerprint density at radius 3 is 1.43 bits per heavy atom. The first-order valence-corrected chi connectivity index (χ1v) is 33.5. The van der Waals surface area contributed by atoms with Crippen molar-refractivity contribution < 1.29 is 0 Å². The van der Waals surface area contributed by atoms with Crippen molar-refractivity contribution in [1.29, 1.82) is 0 Å². The highest BCUT2D eigenvalue weighted by molar-refractivity contribution is 7.20. The summed E-state index contributed by atoms with van der Waals surface area (Å²) >= 11 is 2.14. The Labute approximate surface area is 459 Å². The summed E-state index contributed by atoms with van der Waals surface area (Å²) in [6, 6.07) is 33.7. The van der Waals surface area contributed by atoms with Crippen LogP contribution in [0.1, 0.15) is 212 Å². The third-order valence-electron chi connectivity index (χ3n) is 21.1. The van der Waals surface area contributed by atoms with E-state index in [0.29, 0.717) is 0 Å². The van der Waals surface area contributed by atoms with Gasteiger partial charge in [0.2, 0.25) is 0 Å². The zero-order valence-electron chi connectivity index (χ0n) is 50.0. The topological polar surface area (TPSA) is 6.48 Å². The fraction of sp³-hybridized carbons (Fsp3) is 0.514. The Kier molecular flexibility index (Phi) is 10.9. The molecule has 1 aromatic heterocycles. The van der Waals surface area contributed by atoms with Gasteiger partial charge in [-0.1, -0.05) is 172 Å². The molecule has 0 saturated heterocycles. The number of benzene rings is 5. The van der Waals surface area contributed by atoms with Crippen LogP contribution in [0.15, 0.2) is 78.9 Å². The van der Waals surface area contributed by atoms with Crippen molar-refractivity contribution in [1.82, 2.24) is 0 Å². The zero-order chi connectivity index (χ0) is 53.9. The average molecular weight is 1030 g/mol. The number of hydrogen-bond donors (Lipinski definition) is 0. The Balaban J connectivity index is 1.25. The number of nitrogens with zero attached hydrogens (tertiary/aromatic N) is 2. The van der Waals surface area contributed by atoms with Crippen molar-refractivity contribution in [2.75, 3.05) is 9.80 Å². The highest BCUT2D eigenvalue weighted by atomic mass is 32.1. The molecule has 0 atom stereocenters. The van der Waals surface area contributed by atoms with Gasteiger partial charge in [-0.2, -0.15) is 0 Å². The molecule has 0 fully saturated rings. The van der Waals surface area contributed by atoms with Crippen LogP contribution in [0.25, 0.3) is 11.1 Å². The molecule has 0 N–H and O–H groups in total. The van der Waals surface area contributed by atoms with E-state index in [4.69, 9.17) is 0 Å². The van der Waals surface area contributed by atoms with Gasteiger partial charge in [-0.3, -0.25) is 0 Å². The Morgan fingerprint density at radius 2 is 0.880 bits per heavy atom. The SMILES string of the molecule is Cc1cc2c3c(c1)N(c1ccc4c(c1)C(C)(C)CCC4(C)C)c1sc4c(c1B3c1cc3c(cc1N2c1cc2c(cc1-c1ccc([Si](C)(C)C)cc1)C(C)(C)CCC2(C)C)C(C)(C)CCC3(C)C)C(C)(C)CCC4(C)C. The molecular weight excluding hydrogens is 940 g/mol. The summed E-state index contributed by atoms with van der Waals surface area (Å²) in [4.78, 5) is 7.24. The molecule has 6 aromatic rings. The quantitative estimate of drug-likeness (QED) is 0.162. The Morgan fingerprint density at radius 1 is 0.427 bits per heavy atom. The van der Waals surface area contributed by atoms with Crippen molar-refractivity contribution in [3.8, 4) is 11.1 Å². The standard InChI is InChI=1S/C70H89BN2SSi/c1-42-35-56-59-57(36-42)73(54-40-51-49(65(6,7)29-31-67(51,10)11)38-46(54)43-21-24-45(25-22-43)75(18,19)20)55-41-52-50(66(8,9)30-32-68(52,12)13)39-53(55)71(59)60-58-61(70(16,17)34-33-69(58,14)15)74-62(60)72(56)44-23-26-47-48(37-44)64(4,5)28-27-63(47,2)3/h21-26,35-41H,27-34H2,1-20H3. The van der Waals surface area contributed by atoms with E-state index in [1.54, 1.807) is 21.5 Å². The monoisotopic (exact) mass is 1030 g/mol. The van der Waals surface area contributed by atoms with Crippen LogP contribution in [0.4, 0.5) is 33.4 Å². The van der Waals surface area contributed by atoms with Crippen LogP contribution >= 0.6 is 11.3 Å². The largest absolute Gasteiger partial charge is 0.311 e. The molecule has 5 heteroatoms. The third kappa shape index (κ3) is 7.62. The summed E-state index contributed by atoms with van der Waals surface area (Å²) in [5.74, 6) is 0. The molecule has 75 heavy (non-hydrogen) atoms. The van der Waals surface area contributed by atoms with Crippen LogP contribution in [-0.4, -0.2) is 14.8 Å². The van der Waals surface area contributed by atoms with Crippen LogP contribution in [0.5, 0.6) is 0 Å². The molecule has 0 radical (unpaired) electrons. The van der Waals surface area contributed by atoms with Crippen molar-refractivity contribution in [2.45, 2.75) is 232 Å². The molecule has 6 aliphatic rings. The molecular formula is C70H89BN2SSi. The van der Waals surface area contributed by atoms with E-state index >= 15 is 0 Å². The van der Waals surface area contributed by atoms with Crippen molar-refractivity contribution in [2.24, 2.45) is 0 Å². The highest BCUT2D eigenvalue weighted by Gasteiger charge is 2.53. The van der Waals surface area contributed by atoms with Crippen molar-refractivity contribution in [3.05, 3.63) is 128 Å². The Bertz CT molecular complexity index is 3400. The van der Waals surface area contributed by atoms with Gasteiger partial charge in [-0.15, -0.1) is 11.3 Å². The van der Waals surface area contributed by atoms with Crippen LogP contribution in [0, 0.1) is 6.92 Å². The summed E-state index contributed by atoms with van der Waals surface area (Å²) in [6.07, 6.45) is 9.52. The second-order valence-corrected chi connectivity index (χ2v) is 37.4. The van der Waals surface area contributed by atoms with E-state index in [-0.39, 0.29) is 50.0 Å². The molecule has 392 valence electrons. The van der Waals surface area contributed by atoms with Gasteiger partial charge in [0.05, 0.1) is 18.8 Å². The maximum absolute atomic E-state index is 2.84. The molecule has 4 aliphatic carbocycles. The number of fused-ring (bicyclic) bond motifs is 9. The number of anilines is 6. The van der Waals surface area contributed by atoms with Gasteiger partial charge in [-0.05, 0) is 211 Å². The first kappa shape index (κ1) is 51.4. The van der Waals surface area contributed by atoms with Crippen LogP contribution in [0.3, 0.4) is 0 Å². The zero-order valence-corrected chi connectivity index (χ0v) is 51.9.